The number of ketones is 1. The third-order valence-corrected chi connectivity index (χ3v) is 3.73. The zero-order chi connectivity index (χ0) is 17.8. The van der Waals surface area contributed by atoms with E-state index in [0.29, 0.717) is 34.1 Å². The second kappa shape index (κ2) is 6.97. The molecule has 2 aromatic rings. The molecule has 0 spiro atoms. The van der Waals surface area contributed by atoms with Crippen molar-refractivity contribution in [2.75, 3.05) is 21.0 Å². The van der Waals surface area contributed by atoms with Crippen LogP contribution in [-0.4, -0.2) is 26.8 Å². The minimum absolute atomic E-state index is 0.0228. The summed E-state index contributed by atoms with van der Waals surface area (Å²) in [4.78, 5) is 12.7. The predicted octanol–water partition coefficient (Wildman–Crippen LogP) is 3.22. The second-order valence-corrected chi connectivity index (χ2v) is 5.15. The largest absolute Gasteiger partial charge is 0.493 e. The lowest BCUT2D eigenvalue weighted by atomic mass is 10.0. The van der Waals surface area contributed by atoms with Crippen LogP contribution in [0.2, 0.25) is 0 Å². The van der Waals surface area contributed by atoms with Crippen molar-refractivity contribution in [3.8, 4) is 29.1 Å². The Kier molecular flexibility index (Phi) is 4.57. The van der Waals surface area contributed by atoms with Gasteiger partial charge in [-0.15, -0.1) is 0 Å². The SMILES string of the molecule is COc1cccc(/C=C(\C#N)C(=O)c2ccc3c(c2)OCO3)c1OC. The Bertz CT molecular complexity index is 895. The van der Waals surface area contributed by atoms with E-state index in [4.69, 9.17) is 18.9 Å². The fourth-order valence-electron chi connectivity index (χ4n) is 2.52. The Morgan fingerprint density at radius 3 is 2.68 bits per heavy atom. The Labute approximate surface area is 144 Å². The first-order valence-electron chi connectivity index (χ1n) is 7.45. The first-order valence-corrected chi connectivity index (χ1v) is 7.45. The van der Waals surface area contributed by atoms with Gasteiger partial charge in [-0.3, -0.25) is 4.79 Å². The fourth-order valence-corrected chi connectivity index (χ4v) is 2.52. The van der Waals surface area contributed by atoms with E-state index < -0.39 is 5.78 Å². The van der Waals surface area contributed by atoms with Crippen LogP contribution in [0.15, 0.2) is 42.0 Å². The monoisotopic (exact) mass is 337 g/mol. The molecule has 3 rings (SSSR count). The van der Waals surface area contributed by atoms with Crippen molar-refractivity contribution in [1.29, 1.82) is 5.26 Å². The average molecular weight is 337 g/mol. The zero-order valence-electron chi connectivity index (χ0n) is 13.7. The molecular formula is C19H15NO5. The van der Waals surface area contributed by atoms with Crippen LogP contribution in [0.4, 0.5) is 0 Å². The molecule has 1 aliphatic heterocycles. The number of para-hydroxylation sites is 1. The normalized spacial score (nSPS) is 12.4. The van der Waals surface area contributed by atoms with Crippen LogP contribution in [0.1, 0.15) is 15.9 Å². The number of carbonyl (C=O) groups is 1. The Balaban J connectivity index is 1.99. The molecule has 126 valence electrons. The molecule has 0 aliphatic carbocycles. The van der Waals surface area contributed by atoms with Gasteiger partial charge in [0.2, 0.25) is 12.6 Å². The first-order chi connectivity index (χ1) is 12.2. The molecule has 0 N–H and O–H groups in total. The molecule has 6 heteroatoms. The van der Waals surface area contributed by atoms with E-state index in [2.05, 4.69) is 0 Å². The summed E-state index contributed by atoms with van der Waals surface area (Å²) in [7, 11) is 3.02. The minimum atomic E-state index is -0.411. The van der Waals surface area contributed by atoms with Gasteiger partial charge in [0, 0.05) is 11.1 Å². The summed E-state index contributed by atoms with van der Waals surface area (Å²) in [6.45, 7) is 0.120. The number of nitriles is 1. The summed E-state index contributed by atoms with van der Waals surface area (Å²) in [5.41, 5.74) is 0.900. The number of Topliss-reactive ketones (excluding diaryl/α,β-unsaturated/α-hetero) is 1. The molecule has 0 saturated heterocycles. The van der Waals surface area contributed by atoms with E-state index in [0.717, 1.165) is 0 Å². The van der Waals surface area contributed by atoms with Gasteiger partial charge in [-0.25, -0.2) is 0 Å². The maximum atomic E-state index is 12.7. The molecule has 0 fully saturated rings. The number of fused-ring (bicyclic) bond motifs is 1. The third-order valence-electron chi connectivity index (χ3n) is 3.73. The molecule has 0 bridgehead atoms. The van der Waals surface area contributed by atoms with Crippen LogP contribution in [-0.2, 0) is 0 Å². The van der Waals surface area contributed by atoms with Gasteiger partial charge in [-0.05, 0) is 30.3 Å². The van der Waals surface area contributed by atoms with Gasteiger partial charge in [-0.2, -0.15) is 5.26 Å². The Morgan fingerprint density at radius 1 is 1.16 bits per heavy atom. The lowest BCUT2D eigenvalue weighted by Crippen LogP contribution is -2.02. The summed E-state index contributed by atoms with van der Waals surface area (Å²) in [6, 6.07) is 12.0. The van der Waals surface area contributed by atoms with Crippen LogP contribution < -0.4 is 18.9 Å². The molecule has 1 heterocycles. The maximum Gasteiger partial charge on any atom is 0.231 e. The van der Waals surface area contributed by atoms with Crippen molar-refractivity contribution in [2.45, 2.75) is 0 Å². The Morgan fingerprint density at radius 2 is 1.96 bits per heavy atom. The zero-order valence-corrected chi connectivity index (χ0v) is 13.7. The highest BCUT2D eigenvalue weighted by atomic mass is 16.7. The van der Waals surface area contributed by atoms with Crippen molar-refractivity contribution in [1.82, 2.24) is 0 Å². The maximum absolute atomic E-state index is 12.7. The standard InChI is InChI=1S/C19H15NO5/c1-22-16-5-3-4-13(19(16)23-2)8-14(10-20)18(21)12-6-7-15-17(9-12)25-11-24-15/h3-9H,11H2,1-2H3/b14-8+. The van der Waals surface area contributed by atoms with Gasteiger partial charge in [0.15, 0.2) is 23.0 Å². The molecule has 0 aromatic heterocycles. The van der Waals surface area contributed by atoms with E-state index in [1.54, 1.807) is 36.4 Å². The van der Waals surface area contributed by atoms with E-state index in [1.807, 2.05) is 6.07 Å². The topological polar surface area (TPSA) is 77.8 Å². The molecular weight excluding hydrogens is 322 g/mol. The van der Waals surface area contributed by atoms with Crippen molar-refractivity contribution in [3.63, 3.8) is 0 Å². The number of methoxy groups -OCH3 is 2. The summed E-state index contributed by atoms with van der Waals surface area (Å²) in [5.74, 6) is 1.63. The molecule has 0 radical (unpaired) electrons. The van der Waals surface area contributed by atoms with Gasteiger partial charge >= 0.3 is 0 Å². The Hall–Kier alpha value is -3.46. The number of rotatable bonds is 5. The number of hydrogen-bond acceptors (Lipinski definition) is 6. The van der Waals surface area contributed by atoms with Gasteiger partial charge < -0.3 is 18.9 Å². The lowest BCUT2D eigenvalue weighted by molar-refractivity contribution is 0.103. The predicted molar refractivity (Wildman–Crippen MR) is 90.0 cm³/mol. The highest BCUT2D eigenvalue weighted by Crippen LogP contribution is 2.34. The molecule has 0 atom stereocenters. The number of nitrogens with zero attached hydrogens (tertiary/aromatic N) is 1. The van der Waals surface area contributed by atoms with Gasteiger partial charge in [0.05, 0.1) is 14.2 Å². The number of hydrogen-bond donors (Lipinski definition) is 0. The highest BCUT2D eigenvalue weighted by molar-refractivity contribution is 6.14. The molecule has 0 unspecified atom stereocenters. The lowest BCUT2D eigenvalue weighted by Gasteiger charge is -2.10. The van der Waals surface area contributed by atoms with Crippen LogP contribution in [0.5, 0.6) is 23.0 Å². The van der Waals surface area contributed by atoms with E-state index in [9.17, 15) is 10.1 Å². The molecule has 2 aromatic carbocycles. The summed E-state index contributed by atoms with van der Waals surface area (Å²) in [6.07, 6.45) is 1.48. The minimum Gasteiger partial charge on any atom is -0.493 e. The summed E-state index contributed by atoms with van der Waals surface area (Å²) in [5, 5.41) is 9.44. The van der Waals surface area contributed by atoms with Crippen LogP contribution >= 0.6 is 0 Å². The second-order valence-electron chi connectivity index (χ2n) is 5.15. The van der Waals surface area contributed by atoms with Crippen molar-refractivity contribution in [2.24, 2.45) is 0 Å². The van der Waals surface area contributed by atoms with E-state index >= 15 is 0 Å². The molecule has 1 aliphatic rings. The van der Waals surface area contributed by atoms with Crippen molar-refractivity contribution in [3.05, 3.63) is 53.1 Å². The van der Waals surface area contributed by atoms with E-state index in [-0.39, 0.29) is 12.4 Å². The molecule has 0 amide bonds. The first kappa shape index (κ1) is 16.4. The number of allylic oxidation sites excluding steroid dienone is 1. The number of ether oxygens (including phenoxy) is 4. The summed E-state index contributed by atoms with van der Waals surface area (Å²) < 4.78 is 21.1. The molecule has 25 heavy (non-hydrogen) atoms. The van der Waals surface area contributed by atoms with Gasteiger partial charge in [0.25, 0.3) is 0 Å². The van der Waals surface area contributed by atoms with Crippen molar-refractivity contribution < 1.29 is 23.7 Å². The van der Waals surface area contributed by atoms with Crippen molar-refractivity contribution >= 4 is 11.9 Å². The number of carbonyl (C=O) groups excluding carboxylic acids is 1. The number of benzene rings is 2. The quantitative estimate of drug-likeness (QED) is 0.473. The van der Waals surface area contributed by atoms with Crippen LogP contribution in [0.3, 0.4) is 0 Å². The average Bonchev–Trinajstić information content (AvgIpc) is 3.12. The van der Waals surface area contributed by atoms with Gasteiger partial charge in [-0.1, -0.05) is 12.1 Å². The highest BCUT2D eigenvalue weighted by Gasteiger charge is 2.19. The molecule has 0 saturated carbocycles. The smallest absolute Gasteiger partial charge is 0.231 e. The van der Waals surface area contributed by atoms with Crippen LogP contribution in [0.25, 0.3) is 6.08 Å². The van der Waals surface area contributed by atoms with Gasteiger partial charge in [0.1, 0.15) is 11.6 Å². The van der Waals surface area contributed by atoms with Crippen LogP contribution in [0, 0.1) is 11.3 Å². The third kappa shape index (κ3) is 3.12. The summed E-state index contributed by atoms with van der Waals surface area (Å²) >= 11 is 0. The van der Waals surface area contributed by atoms with E-state index in [1.165, 1.54) is 20.3 Å². The fraction of sp³-hybridized carbons (Fsp3) is 0.158. The molecule has 6 nitrogen and oxygen atoms in total.